The predicted octanol–water partition coefficient (Wildman–Crippen LogP) is 2.95. The van der Waals surface area contributed by atoms with Crippen LogP contribution in [0, 0.1) is 18.8 Å². The fraction of sp³-hybridized carbons (Fsp3) is 0.500. The Bertz CT molecular complexity index is 699. The van der Waals surface area contributed by atoms with Crippen molar-refractivity contribution in [1.82, 2.24) is 20.0 Å². The molecule has 1 aromatic heterocycles. The van der Waals surface area contributed by atoms with E-state index < -0.39 is 0 Å². The number of amides is 1. The first-order valence-electron chi connectivity index (χ1n) is 9.01. The molecule has 2 atom stereocenters. The Morgan fingerprint density at radius 1 is 1.24 bits per heavy atom. The fourth-order valence-electron chi connectivity index (χ4n) is 4.24. The molecule has 0 saturated carbocycles. The van der Waals surface area contributed by atoms with Crippen LogP contribution in [-0.2, 0) is 6.54 Å². The van der Waals surface area contributed by atoms with Crippen LogP contribution in [0.2, 0.25) is 0 Å². The largest absolute Gasteiger partial charge is 0.337 e. The summed E-state index contributed by atoms with van der Waals surface area (Å²) in [5, 5.41) is 6.98. The van der Waals surface area contributed by atoms with Crippen LogP contribution >= 0.6 is 0 Å². The van der Waals surface area contributed by atoms with E-state index in [2.05, 4.69) is 59.3 Å². The number of benzene rings is 1. The molecule has 1 saturated heterocycles. The lowest BCUT2D eigenvalue weighted by atomic mass is 9.84. The second kappa shape index (κ2) is 7.40. The summed E-state index contributed by atoms with van der Waals surface area (Å²) < 4.78 is 0. The molecule has 5 nitrogen and oxygen atoms in total. The molecule has 25 heavy (non-hydrogen) atoms. The van der Waals surface area contributed by atoms with Gasteiger partial charge in [0.1, 0.15) is 5.69 Å². The van der Waals surface area contributed by atoms with Gasteiger partial charge in [0.2, 0.25) is 0 Å². The standard InChI is InChI=1S/C20H28N4O/c1-14-11-24(13-17-8-6-5-7-9-17)12-15(2)19(14)23(4)20(25)18-10-16(3)21-22-18/h5-10,14-15,19H,11-13H2,1-4H3,(H,21,22)/t14-,15-/m0/s1. The highest BCUT2D eigenvalue weighted by Crippen LogP contribution is 2.28. The number of nitrogens with one attached hydrogen (secondary N) is 1. The van der Waals surface area contributed by atoms with Crippen molar-refractivity contribution in [2.45, 2.75) is 33.4 Å². The average molecular weight is 340 g/mol. The first kappa shape index (κ1) is 17.7. The maximum absolute atomic E-state index is 12.8. The Morgan fingerprint density at radius 3 is 2.44 bits per heavy atom. The number of aromatic nitrogens is 2. The lowest BCUT2D eigenvalue weighted by Crippen LogP contribution is -2.55. The fourth-order valence-corrected chi connectivity index (χ4v) is 4.24. The summed E-state index contributed by atoms with van der Waals surface area (Å²) in [4.78, 5) is 17.1. The maximum atomic E-state index is 12.8. The molecule has 1 amide bonds. The summed E-state index contributed by atoms with van der Waals surface area (Å²) >= 11 is 0. The molecule has 0 aliphatic carbocycles. The van der Waals surface area contributed by atoms with Gasteiger partial charge in [0, 0.05) is 38.4 Å². The van der Waals surface area contributed by atoms with Crippen LogP contribution in [0.3, 0.4) is 0 Å². The first-order chi connectivity index (χ1) is 12.0. The highest BCUT2D eigenvalue weighted by molar-refractivity contribution is 5.92. The average Bonchev–Trinajstić information content (AvgIpc) is 3.01. The van der Waals surface area contributed by atoms with E-state index in [1.807, 2.05) is 24.9 Å². The van der Waals surface area contributed by atoms with Crippen LogP contribution in [0.4, 0.5) is 0 Å². The van der Waals surface area contributed by atoms with Gasteiger partial charge in [-0.2, -0.15) is 5.10 Å². The topological polar surface area (TPSA) is 52.2 Å². The van der Waals surface area contributed by atoms with Crippen LogP contribution in [0.25, 0.3) is 0 Å². The number of hydrogen-bond donors (Lipinski definition) is 1. The number of piperidine rings is 1. The van der Waals surface area contributed by atoms with Crippen molar-refractivity contribution in [3.63, 3.8) is 0 Å². The van der Waals surface area contributed by atoms with Crippen molar-refractivity contribution >= 4 is 5.91 Å². The van der Waals surface area contributed by atoms with Gasteiger partial charge in [-0.3, -0.25) is 14.8 Å². The van der Waals surface area contributed by atoms with Crippen molar-refractivity contribution in [2.75, 3.05) is 20.1 Å². The zero-order valence-corrected chi connectivity index (χ0v) is 15.6. The maximum Gasteiger partial charge on any atom is 0.274 e. The molecule has 1 aromatic carbocycles. The van der Waals surface area contributed by atoms with E-state index in [4.69, 9.17) is 0 Å². The van der Waals surface area contributed by atoms with Gasteiger partial charge in [-0.1, -0.05) is 44.2 Å². The Morgan fingerprint density at radius 2 is 1.88 bits per heavy atom. The summed E-state index contributed by atoms with van der Waals surface area (Å²) in [6.07, 6.45) is 0. The Balaban J connectivity index is 1.66. The lowest BCUT2D eigenvalue weighted by molar-refractivity contribution is 0.0267. The number of aryl methyl sites for hydroxylation is 1. The number of nitrogens with zero attached hydrogens (tertiary/aromatic N) is 3. The molecule has 1 aliphatic heterocycles. The van der Waals surface area contributed by atoms with Gasteiger partial charge in [0.05, 0.1) is 0 Å². The molecule has 0 bridgehead atoms. The monoisotopic (exact) mass is 340 g/mol. The van der Waals surface area contributed by atoms with Gasteiger partial charge in [0.15, 0.2) is 0 Å². The third-order valence-electron chi connectivity index (χ3n) is 5.20. The Labute approximate surface area is 150 Å². The summed E-state index contributed by atoms with van der Waals surface area (Å²) in [5.41, 5.74) is 2.76. The number of carbonyl (C=O) groups excluding carboxylic acids is 1. The number of aromatic amines is 1. The summed E-state index contributed by atoms with van der Waals surface area (Å²) in [7, 11) is 1.91. The molecule has 0 radical (unpaired) electrons. The summed E-state index contributed by atoms with van der Waals surface area (Å²) in [5.74, 6) is 0.840. The minimum atomic E-state index is 0.00422. The van der Waals surface area contributed by atoms with Gasteiger partial charge in [-0.25, -0.2) is 0 Å². The van der Waals surface area contributed by atoms with E-state index >= 15 is 0 Å². The summed E-state index contributed by atoms with van der Waals surface area (Å²) in [6, 6.07) is 12.6. The third kappa shape index (κ3) is 3.93. The minimum Gasteiger partial charge on any atom is -0.337 e. The quantitative estimate of drug-likeness (QED) is 0.931. The number of H-pyrrole nitrogens is 1. The summed E-state index contributed by atoms with van der Waals surface area (Å²) in [6.45, 7) is 9.38. The highest BCUT2D eigenvalue weighted by atomic mass is 16.2. The second-order valence-electron chi connectivity index (χ2n) is 7.48. The Kier molecular flexibility index (Phi) is 5.23. The smallest absolute Gasteiger partial charge is 0.274 e. The van der Waals surface area contributed by atoms with Crippen LogP contribution in [0.5, 0.6) is 0 Å². The molecular formula is C20H28N4O. The molecule has 0 unspecified atom stereocenters. The van der Waals surface area contributed by atoms with Crippen molar-refractivity contribution in [2.24, 2.45) is 11.8 Å². The number of hydrogen-bond acceptors (Lipinski definition) is 3. The molecule has 5 heteroatoms. The highest BCUT2D eigenvalue weighted by Gasteiger charge is 2.36. The first-order valence-corrected chi connectivity index (χ1v) is 9.01. The van der Waals surface area contributed by atoms with Crippen LogP contribution < -0.4 is 0 Å². The van der Waals surface area contributed by atoms with Crippen molar-refractivity contribution < 1.29 is 4.79 Å². The molecule has 2 aromatic rings. The molecule has 1 aliphatic rings. The van der Waals surface area contributed by atoms with E-state index in [0.717, 1.165) is 25.3 Å². The molecule has 1 N–H and O–H groups in total. The molecule has 3 rings (SSSR count). The molecular weight excluding hydrogens is 312 g/mol. The predicted molar refractivity (Wildman–Crippen MR) is 99.3 cm³/mol. The van der Waals surface area contributed by atoms with E-state index in [1.54, 1.807) is 0 Å². The molecule has 134 valence electrons. The normalized spacial score (nSPS) is 22.1. The number of likely N-dealkylation sites (tertiary alicyclic amines) is 1. The molecule has 2 heterocycles. The van der Waals surface area contributed by atoms with Crippen molar-refractivity contribution in [1.29, 1.82) is 0 Å². The minimum absolute atomic E-state index is 0.00422. The Hall–Kier alpha value is -2.14. The molecule has 1 fully saturated rings. The van der Waals surface area contributed by atoms with Crippen LogP contribution in [0.15, 0.2) is 36.4 Å². The van der Waals surface area contributed by atoms with Crippen LogP contribution in [0.1, 0.15) is 35.6 Å². The number of carbonyl (C=O) groups is 1. The van der Waals surface area contributed by atoms with Gasteiger partial charge in [0.25, 0.3) is 5.91 Å². The van der Waals surface area contributed by atoms with Gasteiger partial charge in [-0.15, -0.1) is 0 Å². The zero-order chi connectivity index (χ0) is 18.0. The number of rotatable bonds is 4. The van der Waals surface area contributed by atoms with Crippen LogP contribution in [-0.4, -0.2) is 52.1 Å². The van der Waals surface area contributed by atoms with Crippen molar-refractivity contribution in [3.8, 4) is 0 Å². The van der Waals surface area contributed by atoms with E-state index in [-0.39, 0.29) is 11.9 Å². The molecule has 0 spiro atoms. The van der Waals surface area contributed by atoms with Gasteiger partial charge in [-0.05, 0) is 30.4 Å². The second-order valence-corrected chi connectivity index (χ2v) is 7.48. The van der Waals surface area contributed by atoms with E-state index in [9.17, 15) is 4.79 Å². The third-order valence-corrected chi connectivity index (χ3v) is 5.20. The van der Waals surface area contributed by atoms with Crippen molar-refractivity contribution in [3.05, 3.63) is 53.3 Å². The van der Waals surface area contributed by atoms with E-state index in [0.29, 0.717) is 17.5 Å². The van der Waals surface area contributed by atoms with Gasteiger partial charge < -0.3 is 4.90 Å². The lowest BCUT2D eigenvalue weighted by Gasteiger charge is -2.45. The van der Waals surface area contributed by atoms with E-state index in [1.165, 1.54) is 5.56 Å². The SMILES string of the molecule is Cc1cc(C(=O)N(C)C2[C@@H](C)CN(Cc3ccccc3)C[C@@H]2C)n[nH]1. The van der Waals surface area contributed by atoms with Gasteiger partial charge >= 0.3 is 0 Å². The zero-order valence-electron chi connectivity index (χ0n) is 15.6.